The topological polar surface area (TPSA) is 47.6 Å². The fourth-order valence-electron chi connectivity index (χ4n) is 2.10. The molecule has 2 rings (SSSR count). The fourth-order valence-corrected chi connectivity index (χ4v) is 2.10. The molecular formula is C13H17ClFNO3. The zero-order chi connectivity index (χ0) is 13.3. The SMILES string of the molecule is COc1cccc([C@H]2NC(=O)OCC2(C)C)c1F.Cl. The van der Waals surface area contributed by atoms with Crippen molar-refractivity contribution in [2.75, 3.05) is 13.7 Å². The Morgan fingerprint density at radius 1 is 1.47 bits per heavy atom. The van der Waals surface area contributed by atoms with Crippen LogP contribution in [0.25, 0.3) is 0 Å². The van der Waals surface area contributed by atoms with Gasteiger partial charge in [-0.3, -0.25) is 0 Å². The standard InChI is InChI=1S/C13H16FNO3.ClH/c1-13(2)7-18-12(16)15-11(13)8-5-4-6-9(17-3)10(8)14;/h4-6,11H,7H2,1-3H3,(H,15,16);1H/t11-;/m1./s1. The van der Waals surface area contributed by atoms with Crippen LogP contribution < -0.4 is 10.1 Å². The summed E-state index contributed by atoms with van der Waals surface area (Å²) in [5.74, 6) is -0.274. The van der Waals surface area contributed by atoms with Crippen LogP contribution in [0.1, 0.15) is 25.5 Å². The Kier molecular flexibility index (Phi) is 4.63. The van der Waals surface area contributed by atoms with Gasteiger partial charge in [0.2, 0.25) is 0 Å². The predicted molar refractivity (Wildman–Crippen MR) is 71.2 cm³/mol. The van der Waals surface area contributed by atoms with Gasteiger partial charge in [-0.1, -0.05) is 26.0 Å². The van der Waals surface area contributed by atoms with Crippen LogP contribution in [0.4, 0.5) is 9.18 Å². The summed E-state index contributed by atoms with van der Waals surface area (Å²) in [5.41, 5.74) is 0.0252. The normalized spacial score (nSPS) is 20.8. The van der Waals surface area contributed by atoms with Gasteiger partial charge in [-0.15, -0.1) is 12.4 Å². The number of cyclic esters (lactones) is 1. The van der Waals surface area contributed by atoms with Crippen LogP contribution in [0.5, 0.6) is 5.75 Å². The number of hydrogen-bond donors (Lipinski definition) is 1. The summed E-state index contributed by atoms with van der Waals surface area (Å²) < 4.78 is 24.1. The maximum atomic E-state index is 14.2. The Bertz CT molecular complexity index is 479. The molecule has 19 heavy (non-hydrogen) atoms. The molecule has 0 unspecified atom stereocenters. The molecule has 0 aliphatic carbocycles. The lowest BCUT2D eigenvalue weighted by Crippen LogP contribution is -2.47. The first-order valence-electron chi connectivity index (χ1n) is 5.71. The minimum atomic E-state index is -0.526. The number of carbonyl (C=O) groups excluding carboxylic acids is 1. The van der Waals surface area contributed by atoms with Gasteiger partial charge < -0.3 is 14.8 Å². The third-order valence-corrected chi connectivity index (χ3v) is 3.14. The van der Waals surface area contributed by atoms with Gasteiger partial charge in [-0.2, -0.15) is 0 Å². The van der Waals surface area contributed by atoms with E-state index in [4.69, 9.17) is 9.47 Å². The number of nitrogens with one attached hydrogen (secondary N) is 1. The molecule has 1 heterocycles. The quantitative estimate of drug-likeness (QED) is 0.910. The Labute approximate surface area is 117 Å². The number of alkyl carbamates (subject to hydrolysis) is 1. The fraction of sp³-hybridized carbons (Fsp3) is 0.462. The van der Waals surface area contributed by atoms with Crippen LogP contribution in [0.2, 0.25) is 0 Å². The molecule has 0 bridgehead atoms. The highest BCUT2D eigenvalue weighted by molar-refractivity contribution is 5.85. The largest absolute Gasteiger partial charge is 0.494 e. The lowest BCUT2D eigenvalue weighted by Gasteiger charge is -2.38. The maximum absolute atomic E-state index is 14.2. The number of ether oxygens (including phenoxy) is 2. The van der Waals surface area contributed by atoms with E-state index in [1.807, 2.05) is 13.8 Å². The molecule has 1 aliphatic heterocycles. The third kappa shape index (κ3) is 2.92. The third-order valence-electron chi connectivity index (χ3n) is 3.14. The minimum Gasteiger partial charge on any atom is -0.494 e. The van der Waals surface area contributed by atoms with E-state index in [-0.39, 0.29) is 30.2 Å². The first-order chi connectivity index (χ1) is 8.45. The minimum absolute atomic E-state index is 0. The zero-order valence-electron chi connectivity index (χ0n) is 11.0. The average Bonchev–Trinajstić information content (AvgIpc) is 2.33. The number of halogens is 2. The first kappa shape index (κ1) is 15.6. The molecule has 1 aromatic rings. The van der Waals surface area contributed by atoms with Crippen LogP contribution in [0.3, 0.4) is 0 Å². The van der Waals surface area contributed by atoms with Gasteiger partial charge in [0.1, 0.15) is 6.61 Å². The Hall–Kier alpha value is -1.49. The zero-order valence-corrected chi connectivity index (χ0v) is 11.8. The van der Waals surface area contributed by atoms with Crippen molar-refractivity contribution in [1.82, 2.24) is 5.32 Å². The lowest BCUT2D eigenvalue weighted by molar-refractivity contribution is 0.0376. The van der Waals surface area contributed by atoms with Crippen molar-refractivity contribution in [2.45, 2.75) is 19.9 Å². The van der Waals surface area contributed by atoms with Gasteiger partial charge in [-0.05, 0) is 6.07 Å². The van der Waals surface area contributed by atoms with Crippen molar-refractivity contribution in [2.24, 2.45) is 5.41 Å². The molecule has 106 valence electrons. The number of rotatable bonds is 2. The summed E-state index contributed by atoms with van der Waals surface area (Å²) in [5, 5.41) is 2.66. The van der Waals surface area contributed by atoms with Crippen molar-refractivity contribution in [3.05, 3.63) is 29.6 Å². The van der Waals surface area contributed by atoms with E-state index >= 15 is 0 Å². The van der Waals surface area contributed by atoms with E-state index in [0.717, 1.165) is 0 Å². The second-order valence-corrected chi connectivity index (χ2v) is 5.01. The van der Waals surface area contributed by atoms with Crippen LogP contribution in [0, 0.1) is 11.2 Å². The smallest absolute Gasteiger partial charge is 0.407 e. The lowest BCUT2D eigenvalue weighted by atomic mass is 9.80. The van der Waals surface area contributed by atoms with Gasteiger partial charge in [0, 0.05) is 11.0 Å². The monoisotopic (exact) mass is 289 g/mol. The van der Waals surface area contributed by atoms with E-state index in [1.165, 1.54) is 7.11 Å². The van der Waals surface area contributed by atoms with Gasteiger partial charge >= 0.3 is 6.09 Å². The second kappa shape index (κ2) is 5.65. The molecule has 0 spiro atoms. The summed E-state index contributed by atoms with van der Waals surface area (Å²) in [6.07, 6.45) is -0.526. The molecule has 1 aliphatic rings. The van der Waals surface area contributed by atoms with Gasteiger partial charge in [0.25, 0.3) is 0 Å². The molecule has 0 aromatic heterocycles. The van der Waals surface area contributed by atoms with E-state index < -0.39 is 18.0 Å². The van der Waals surface area contributed by atoms with Crippen molar-refractivity contribution in [3.8, 4) is 5.75 Å². The summed E-state index contributed by atoms with van der Waals surface area (Å²) >= 11 is 0. The van der Waals surface area contributed by atoms with Gasteiger partial charge in [-0.25, -0.2) is 9.18 Å². The summed E-state index contributed by atoms with van der Waals surface area (Å²) in [6.45, 7) is 4.08. The van der Waals surface area contributed by atoms with Crippen molar-refractivity contribution in [3.63, 3.8) is 0 Å². The highest BCUT2D eigenvalue weighted by atomic mass is 35.5. The number of amides is 1. The highest BCUT2D eigenvalue weighted by Gasteiger charge is 2.39. The number of benzene rings is 1. The maximum Gasteiger partial charge on any atom is 0.407 e. The second-order valence-electron chi connectivity index (χ2n) is 5.01. The number of hydrogen-bond acceptors (Lipinski definition) is 3. The highest BCUT2D eigenvalue weighted by Crippen LogP contribution is 2.39. The van der Waals surface area contributed by atoms with E-state index in [1.54, 1.807) is 18.2 Å². The summed E-state index contributed by atoms with van der Waals surface area (Å²) in [4.78, 5) is 11.3. The molecule has 1 N–H and O–H groups in total. The van der Waals surface area contributed by atoms with Crippen molar-refractivity contribution < 1.29 is 18.7 Å². The van der Waals surface area contributed by atoms with E-state index in [9.17, 15) is 9.18 Å². The molecule has 1 amide bonds. The molecule has 6 heteroatoms. The first-order valence-corrected chi connectivity index (χ1v) is 5.71. The van der Waals surface area contributed by atoms with Gasteiger partial charge in [0.15, 0.2) is 11.6 Å². The number of carbonyl (C=O) groups is 1. The van der Waals surface area contributed by atoms with Crippen molar-refractivity contribution >= 4 is 18.5 Å². The molecule has 0 radical (unpaired) electrons. The predicted octanol–water partition coefficient (Wildman–Crippen LogP) is 3.06. The van der Waals surface area contributed by atoms with E-state index in [2.05, 4.69) is 5.32 Å². The van der Waals surface area contributed by atoms with Crippen LogP contribution in [0.15, 0.2) is 18.2 Å². The molecule has 0 saturated carbocycles. The summed E-state index contributed by atoms with van der Waals surface area (Å²) in [6, 6.07) is 4.46. The summed E-state index contributed by atoms with van der Waals surface area (Å²) in [7, 11) is 1.41. The Balaban J connectivity index is 0.00000180. The molecule has 1 aromatic carbocycles. The number of methoxy groups -OCH3 is 1. The Morgan fingerprint density at radius 3 is 2.79 bits per heavy atom. The van der Waals surface area contributed by atoms with E-state index in [0.29, 0.717) is 5.56 Å². The van der Waals surface area contributed by atoms with Gasteiger partial charge in [0.05, 0.1) is 13.2 Å². The van der Waals surface area contributed by atoms with Crippen molar-refractivity contribution in [1.29, 1.82) is 0 Å². The Morgan fingerprint density at radius 2 is 2.16 bits per heavy atom. The van der Waals surface area contributed by atoms with Crippen LogP contribution >= 0.6 is 12.4 Å². The van der Waals surface area contributed by atoms with Crippen LogP contribution in [-0.2, 0) is 4.74 Å². The molecule has 4 nitrogen and oxygen atoms in total. The molecule has 1 atom stereocenters. The molecule has 1 saturated heterocycles. The van der Waals surface area contributed by atoms with Crippen LogP contribution in [-0.4, -0.2) is 19.8 Å². The average molecular weight is 290 g/mol. The molecule has 1 fully saturated rings. The molecular weight excluding hydrogens is 273 g/mol.